The molecule has 0 bridgehead atoms. The number of carbonyl (C=O) groups is 1. The number of hydrogen-bond donors (Lipinski definition) is 0. The van der Waals surface area contributed by atoms with Crippen molar-refractivity contribution in [2.24, 2.45) is 0 Å². The predicted molar refractivity (Wildman–Crippen MR) is 71.9 cm³/mol. The maximum absolute atomic E-state index is 13.1. The molecule has 96 valence electrons. The Morgan fingerprint density at radius 3 is 3.00 bits per heavy atom. The lowest BCUT2D eigenvalue weighted by molar-refractivity contribution is 0.0766. The lowest BCUT2D eigenvalue weighted by Gasteiger charge is -2.15. The molecule has 1 aromatic heterocycles. The van der Waals surface area contributed by atoms with Crippen molar-refractivity contribution in [1.29, 1.82) is 0 Å². The fourth-order valence-electron chi connectivity index (χ4n) is 2.21. The number of aromatic nitrogens is 1. The van der Waals surface area contributed by atoms with E-state index in [9.17, 15) is 9.18 Å². The molecule has 0 saturated carbocycles. The highest BCUT2D eigenvalue weighted by atomic mass is 79.9. The Morgan fingerprint density at radius 1 is 1.37 bits per heavy atom. The molecule has 3 nitrogen and oxygen atoms in total. The van der Waals surface area contributed by atoms with Crippen molar-refractivity contribution in [3.05, 3.63) is 63.6 Å². The van der Waals surface area contributed by atoms with Gasteiger partial charge in [-0.3, -0.25) is 4.79 Å². The molecule has 0 spiro atoms. The fraction of sp³-hybridized carbons (Fsp3) is 0.143. The summed E-state index contributed by atoms with van der Waals surface area (Å²) in [6.45, 7) is 0.924. The van der Waals surface area contributed by atoms with Crippen molar-refractivity contribution in [3.8, 4) is 0 Å². The first-order valence-electron chi connectivity index (χ1n) is 5.81. The molecule has 0 saturated heterocycles. The molecule has 0 fully saturated rings. The van der Waals surface area contributed by atoms with E-state index in [1.165, 1.54) is 12.1 Å². The first-order valence-corrected chi connectivity index (χ1v) is 6.61. The number of nitrogens with zero attached hydrogens (tertiary/aromatic N) is 2. The average Bonchev–Trinajstić information content (AvgIpc) is 2.67. The second-order valence-corrected chi connectivity index (χ2v) is 5.27. The number of hydrogen-bond acceptors (Lipinski definition) is 2. The number of fused-ring (bicyclic) bond motifs is 1. The number of benzene rings is 1. The first-order chi connectivity index (χ1) is 9.13. The maximum Gasteiger partial charge on any atom is 0.254 e. The molecule has 0 radical (unpaired) electrons. The zero-order valence-corrected chi connectivity index (χ0v) is 11.5. The van der Waals surface area contributed by atoms with Crippen molar-refractivity contribution < 1.29 is 9.18 Å². The van der Waals surface area contributed by atoms with Crippen molar-refractivity contribution in [1.82, 2.24) is 9.88 Å². The van der Waals surface area contributed by atoms with Gasteiger partial charge in [0, 0.05) is 30.4 Å². The smallest absolute Gasteiger partial charge is 0.254 e. The van der Waals surface area contributed by atoms with Gasteiger partial charge in [-0.05, 0) is 39.7 Å². The van der Waals surface area contributed by atoms with Gasteiger partial charge in [-0.2, -0.15) is 0 Å². The summed E-state index contributed by atoms with van der Waals surface area (Å²) in [5.41, 5.74) is 2.36. The molecule has 2 aromatic rings. The summed E-state index contributed by atoms with van der Waals surface area (Å²) in [6.07, 6.45) is 1.70. The van der Waals surface area contributed by atoms with Gasteiger partial charge in [0.15, 0.2) is 0 Å². The van der Waals surface area contributed by atoms with Gasteiger partial charge in [0.1, 0.15) is 10.4 Å². The third kappa shape index (κ3) is 2.38. The highest BCUT2D eigenvalue weighted by molar-refractivity contribution is 9.10. The molecular formula is C14H10BrFN2O. The number of halogens is 2. The third-order valence-electron chi connectivity index (χ3n) is 3.09. The van der Waals surface area contributed by atoms with Crippen LogP contribution in [0.5, 0.6) is 0 Å². The fourth-order valence-corrected chi connectivity index (χ4v) is 2.55. The van der Waals surface area contributed by atoms with Gasteiger partial charge in [-0.25, -0.2) is 9.37 Å². The van der Waals surface area contributed by atoms with Crippen molar-refractivity contribution in [2.45, 2.75) is 13.1 Å². The molecule has 19 heavy (non-hydrogen) atoms. The van der Waals surface area contributed by atoms with Gasteiger partial charge in [0.25, 0.3) is 5.91 Å². The number of pyridine rings is 1. The topological polar surface area (TPSA) is 33.2 Å². The number of carbonyl (C=O) groups excluding carboxylic acids is 1. The minimum Gasteiger partial charge on any atom is -0.330 e. The van der Waals surface area contributed by atoms with Crippen molar-refractivity contribution in [3.63, 3.8) is 0 Å². The van der Waals surface area contributed by atoms with E-state index < -0.39 is 0 Å². The molecule has 0 N–H and O–H groups in total. The predicted octanol–water partition coefficient (Wildman–Crippen LogP) is 3.14. The highest BCUT2D eigenvalue weighted by Gasteiger charge is 2.27. The van der Waals surface area contributed by atoms with Crippen LogP contribution in [0.3, 0.4) is 0 Å². The SMILES string of the molecule is O=C1c2cc(Br)ncc2CN1Cc1cccc(F)c1. The Balaban J connectivity index is 1.84. The first kappa shape index (κ1) is 12.3. The molecule has 0 atom stereocenters. The molecule has 2 heterocycles. The van der Waals surface area contributed by atoms with Crippen LogP contribution in [0.1, 0.15) is 21.5 Å². The third-order valence-corrected chi connectivity index (χ3v) is 3.53. The van der Waals surface area contributed by atoms with Crippen LogP contribution in [0.2, 0.25) is 0 Å². The van der Waals surface area contributed by atoms with Crippen LogP contribution in [0.4, 0.5) is 4.39 Å². The second-order valence-electron chi connectivity index (χ2n) is 4.46. The Hall–Kier alpha value is -1.75. The summed E-state index contributed by atoms with van der Waals surface area (Å²) in [7, 11) is 0. The van der Waals surface area contributed by atoms with Crippen molar-refractivity contribution in [2.75, 3.05) is 0 Å². The summed E-state index contributed by atoms with van der Waals surface area (Å²) < 4.78 is 13.8. The monoisotopic (exact) mass is 320 g/mol. The van der Waals surface area contributed by atoms with Gasteiger partial charge >= 0.3 is 0 Å². The summed E-state index contributed by atoms with van der Waals surface area (Å²) in [6, 6.07) is 8.03. The van der Waals surface area contributed by atoms with E-state index >= 15 is 0 Å². The highest BCUT2D eigenvalue weighted by Crippen LogP contribution is 2.25. The molecular weight excluding hydrogens is 311 g/mol. The zero-order chi connectivity index (χ0) is 13.4. The summed E-state index contributed by atoms with van der Waals surface area (Å²) >= 11 is 3.26. The lowest BCUT2D eigenvalue weighted by Crippen LogP contribution is -2.23. The van der Waals surface area contributed by atoms with E-state index in [0.29, 0.717) is 23.3 Å². The second kappa shape index (κ2) is 4.74. The van der Waals surface area contributed by atoms with Crippen LogP contribution in [0.25, 0.3) is 0 Å². The summed E-state index contributed by atoms with van der Waals surface area (Å²) in [5, 5.41) is 0. The Morgan fingerprint density at radius 2 is 2.21 bits per heavy atom. The van der Waals surface area contributed by atoms with Crippen LogP contribution in [0.15, 0.2) is 41.1 Å². The van der Waals surface area contributed by atoms with Crippen LogP contribution >= 0.6 is 15.9 Å². The van der Waals surface area contributed by atoms with Crippen LogP contribution < -0.4 is 0 Å². The van der Waals surface area contributed by atoms with E-state index in [1.54, 1.807) is 23.2 Å². The molecule has 1 aliphatic heterocycles. The van der Waals surface area contributed by atoms with E-state index in [-0.39, 0.29) is 11.7 Å². The van der Waals surface area contributed by atoms with E-state index in [2.05, 4.69) is 20.9 Å². The summed E-state index contributed by atoms with van der Waals surface area (Å²) in [4.78, 5) is 18.0. The average molecular weight is 321 g/mol. The van der Waals surface area contributed by atoms with Crippen molar-refractivity contribution >= 4 is 21.8 Å². The van der Waals surface area contributed by atoms with Crippen LogP contribution in [-0.4, -0.2) is 15.8 Å². The molecule has 1 aromatic carbocycles. The van der Waals surface area contributed by atoms with E-state index in [1.807, 2.05) is 6.07 Å². The van der Waals surface area contributed by atoms with Gasteiger partial charge in [0.2, 0.25) is 0 Å². The minimum atomic E-state index is -0.286. The normalized spacial score (nSPS) is 13.8. The zero-order valence-electron chi connectivity index (χ0n) is 9.94. The van der Waals surface area contributed by atoms with Gasteiger partial charge in [-0.15, -0.1) is 0 Å². The van der Waals surface area contributed by atoms with Gasteiger partial charge in [-0.1, -0.05) is 12.1 Å². The quantitative estimate of drug-likeness (QED) is 0.796. The Kier molecular flexibility index (Phi) is 3.06. The Labute approximate surface area is 118 Å². The Bertz CT molecular complexity index is 660. The van der Waals surface area contributed by atoms with Gasteiger partial charge < -0.3 is 4.90 Å². The molecule has 1 aliphatic rings. The molecule has 3 rings (SSSR count). The molecule has 1 amide bonds. The molecule has 0 unspecified atom stereocenters. The summed E-state index contributed by atoms with van der Waals surface area (Å²) in [5.74, 6) is -0.326. The molecule has 0 aliphatic carbocycles. The van der Waals surface area contributed by atoms with E-state index in [4.69, 9.17) is 0 Å². The number of amides is 1. The van der Waals surface area contributed by atoms with Gasteiger partial charge in [0.05, 0.1) is 0 Å². The minimum absolute atomic E-state index is 0.0395. The van der Waals surface area contributed by atoms with Crippen LogP contribution in [0, 0.1) is 5.82 Å². The number of rotatable bonds is 2. The molecule has 5 heteroatoms. The largest absolute Gasteiger partial charge is 0.330 e. The van der Waals surface area contributed by atoms with E-state index in [0.717, 1.165) is 11.1 Å². The standard InChI is InChI=1S/C14H10BrFN2O/c15-13-5-12-10(6-17-13)8-18(14(12)19)7-9-2-1-3-11(16)4-9/h1-6H,7-8H2. The lowest BCUT2D eigenvalue weighted by atomic mass is 10.2. The maximum atomic E-state index is 13.1. The van der Waals surface area contributed by atoms with Crippen LogP contribution in [-0.2, 0) is 13.1 Å².